The molecular weight excluding hydrogens is 486 g/mol. The first kappa shape index (κ1) is 24.1. The van der Waals surface area contributed by atoms with Crippen LogP contribution >= 0.6 is 11.3 Å². The third-order valence-corrected chi connectivity index (χ3v) is 8.20. The van der Waals surface area contributed by atoms with Gasteiger partial charge in [-0.15, -0.1) is 11.3 Å². The number of thiazole rings is 1. The quantitative estimate of drug-likeness (QED) is 0.485. The van der Waals surface area contributed by atoms with E-state index < -0.39 is 0 Å². The first-order valence-corrected chi connectivity index (χ1v) is 13.9. The van der Waals surface area contributed by atoms with E-state index >= 15 is 0 Å². The molecule has 0 spiro atoms. The Balaban J connectivity index is 1.21. The van der Waals surface area contributed by atoms with E-state index in [4.69, 9.17) is 9.47 Å². The number of hydrogen-bond donors (Lipinski definition) is 0. The van der Waals surface area contributed by atoms with Crippen LogP contribution in [0.5, 0.6) is 5.75 Å². The van der Waals surface area contributed by atoms with Crippen LogP contribution in [0.2, 0.25) is 0 Å². The average molecular weight is 518 g/mol. The average Bonchev–Trinajstić information content (AvgIpc) is 3.68. The lowest BCUT2D eigenvalue weighted by Gasteiger charge is -2.38. The van der Waals surface area contributed by atoms with E-state index in [1.54, 1.807) is 10.3 Å². The van der Waals surface area contributed by atoms with E-state index in [0.29, 0.717) is 38.6 Å². The molecule has 192 valence electrons. The smallest absolute Gasteiger partial charge is 0.273 e. The van der Waals surface area contributed by atoms with E-state index in [-0.39, 0.29) is 23.8 Å². The zero-order valence-corrected chi connectivity index (χ0v) is 21.8. The summed E-state index contributed by atoms with van der Waals surface area (Å²) in [5.74, 6) is 1.13. The van der Waals surface area contributed by atoms with Crippen LogP contribution < -0.4 is 4.74 Å². The maximum atomic E-state index is 13.2. The van der Waals surface area contributed by atoms with Crippen molar-refractivity contribution in [3.63, 3.8) is 0 Å². The lowest BCUT2D eigenvalue weighted by atomic mass is 9.87. The molecule has 0 bridgehead atoms. The maximum absolute atomic E-state index is 13.2. The lowest BCUT2D eigenvalue weighted by Crippen LogP contribution is -2.41. The van der Waals surface area contributed by atoms with Gasteiger partial charge < -0.3 is 19.3 Å². The van der Waals surface area contributed by atoms with Crippen molar-refractivity contribution in [2.45, 2.75) is 38.8 Å². The number of ether oxygens (including phenoxy) is 2. The number of aromatic nitrogens is 1. The molecule has 1 aliphatic carbocycles. The van der Waals surface area contributed by atoms with Gasteiger partial charge in [0, 0.05) is 30.9 Å². The zero-order chi connectivity index (χ0) is 25.4. The number of morpholine rings is 1. The van der Waals surface area contributed by atoms with Gasteiger partial charge in [-0.2, -0.15) is 0 Å². The van der Waals surface area contributed by atoms with Crippen molar-refractivity contribution in [3.8, 4) is 5.75 Å². The second-order valence-corrected chi connectivity index (χ2v) is 11.0. The fraction of sp³-hybridized carbons (Fsp3) is 0.414. The van der Waals surface area contributed by atoms with E-state index in [0.717, 1.165) is 47.7 Å². The van der Waals surface area contributed by atoms with E-state index in [1.165, 1.54) is 22.5 Å². The Labute approximate surface area is 221 Å². The maximum Gasteiger partial charge on any atom is 0.273 e. The van der Waals surface area contributed by atoms with Gasteiger partial charge in [0.15, 0.2) is 0 Å². The minimum atomic E-state index is -0.112. The summed E-state index contributed by atoms with van der Waals surface area (Å²) in [4.78, 5) is 34.3. The third-order valence-electron chi connectivity index (χ3n) is 7.38. The van der Waals surface area contributed by atoms with Gasteiger partial charge in [0.25, 0.3) is 5.91 Å². The Morgan fingerprint density at radius 3 is 2.62 bits per heavy atom. The fourth-order valence-corrected chi connectivity index (χ4v) is 5.82. The number of fused-ring (bicyclic) bond motifs is 1. The molecule has 7 nitrogen and oxygen atoms in total. The molecule has 6 rings (SSSR count). The fourth-order valence-electron chi connectivity index (χ4n) is 5.14. The van der Waals surface area contributed by atoms with Crippen molar-refractivity contribution in [1.82, 2.24) is 14.8 Å². The molecule has 1 saturated heterocycles. The van der Waals surface area contributed by atoms with Gasteiger partial charge in [-0.1, -0.05) is 35.9 Å². The number of carbonyl (C=O) groups excluding carboxylic acids is 2. The highest BCUT2D eigenvalue weighted by Crippen LogP contribution is 2.41. The molecule has 2 aromatic carbocycles. The summed E-state index contributed by atoms with van der Waals surface area (Å²) in [5.41, 5.74) is 5.18. The number of nitrogens with zero attached hydrogens (tertiary/aromatic N) is 3. The zero-order valence-electron chi connectivity index (χ0n) is 21.0. The molecule has 8 heteroatoms. The van der Waals surface area contributed by atoms with Gasteiger partial charge in [-0.3, -0.25) is 9.59 Å². The molecule has 37 heavy (non-hydrogen) atoms. The Bertz CT molecular complexity index is 1290. The van der Waals surface area contributed by atoms with Crippen LogP contribution in [0, 0.1) is 12.8 Å². The molecule has 0 N–H and O–H groups in total. The summed E-state index contributed by atoms with van der Waals surface area (Å²) in [5, 5.41) is 2.56. The molecule has 3 aliphatic rings. The van der Waals surface area contributed by atoms with Crippen LogP contribution in [0.15, 0.2) is 47.8 Å². The minimum absolute atomic E-state index is 0.0547. The standard InChI is InChI=1S/C29H31N3O4S/c1-19-2-4-21(5-3-19)27-24-16-23(9-8-20(24)10-11-32(27)28(33)22-6-7-22)36-17-26-30-25(18-37-26)29(34)31-12-14-35-15-13-31/h2-5,8-9,16,18,22,27H,6-7,10-15,17H2,1H3. The number of aryl methyl sites for hydroxylation is 1. The lowest BCUT2D eigenvalue weighted by molar-refractivity contribution is -0.134. The monoisotopic (exact) mass is 517 g/mol. The summed E-state index contributed by atoms with van der Waals surface area (Å²) < 4.78 is 11.5. The predicted molar refractivity (Wildman–Crippen MR) is 141 cm³/mol. The molecule has 3 heterocycles. The molecular formula is C29H31N3O4S. The second-order valence-electron chi connectivity index (χ2n) is 10.0. The van der Waals surface area contributed by atoms with Gasteiger partial charge in [0.2, 0.25) is 5.91 Å². The first-order valence-electron chi connectivity index (χ1n) is 13.0. The van der Waals surface area contributed by atoms with Crippen LogP contribution in [0.1, 0.15) is 56.6 Å². The molecule has 2 fully saturated rings. The van der Waals surface area contributed by atoms with Crippen molar-refractivity contribution < 1.29 is 19.1 Å². The molecule has 1 unspecified atom stereocenters. The van der Waals surface area contributed by atoms with Crippen molar-refractivity contribution in [2.24, 2.45) is 5.92 Å². The third kappa shape index (κ3) is 5.13. The summed E-state index contributed by atoms with van der Waals surface area (Å²) in [7, 11) is 0. The summed E-state index contributed by atoms with van der Waals surface area (Å²) in [6.45, 7) is 5.43. The topological polar surface area (TPSA) is 72.0 Å². The van der Waals surface area contributed by atoms with Crippen LogP contribution in [-0.4, -0.2) is 59.4 Å². The number of benzene rings is 2. The molecule has 0 radical (unpaired) electrons. The first-order chi connectivity index (χ1) is 18.1. The highest BCUT2D eigenvalue weighted by Gasteiger charge is 2.39. The van der Waals surface area contributed by atoms with Gasteiger partial charge in [0.05, 0.1) is 19.3 Å². The number of hydrogen-bond acceptors (Lipinski definition) is 6. The molecule has 2 amide bonds. The number of amides is 2. The highest BCUT2D eigenvalue weighted by atomic mass is 32.1. The van der Waals surface area contributed by atoms with E-state index in [2.05, 4.69) is 53.2 Å². The Hall–Kier alpha value is -3.23. The van der Waals surface area contributed by atoms with Crippen LogP contribution in [0.4, 0.5) is 0 Å². The Morgan fingerprint density at radius 1 is 1.08 bits per heavy atom. The number of carbonyl (C=O) groups is 2. The van der Waals surface area contributed by atoms with Crippen molar-refractivity contribution in [1.29, 1.82) is 0 Å². The summed E-state index contributed by atoms with van der Waals surface area (Å²) in [6.07, 6.45) is 2.83. The van der Waals surface area contributed by atoms with Gasteiger partial charge in [0.1, 0.15) is 23.1 Å². The van der Waals surface area contributed by atoms with Gasteiger partial charge in [-0.05, 0) is 55.0 Å². The molecule has 3 aromatic rings. The predicted octanol–water partition coefficient (Wildman–Crippen LogP) is 4.39. The summed E-state index contributed by atoms with van der Waals surface area (Å²) in [6, 6.07) is 14.6. The minimum Gasteiger partial charge on any atom is -0.486 e. The highest BCUT2D eigenvalue weighted by molar-refractivity contribution is 7.09. The molecule has 2 aliphatic heterocycles. The normalized spacial score (nSPS) is 19.4. The Kier molecular flexibility index (Phi) is 6.69. The summed E-state index contributed by atoms with van der Waals surface area (Å²) >= 11 is 1.44. The molecule has 1 aromatic heterocycles. The van der Waals surface area contributed by atoms with Gasteiger partial charge >= 0.3 is 0 Å². The van der Waals surface area contributed by atoms with Crippen molar-refractivity contribution >= 4 is 23.2 Å². The van der Waals surface area contributed by atoms with Crippen LogP contribution in [0.25, 0.3) is 0 Å². The SMILES string of the molecule is Cc1ccc(C2c3cc(OCc4nc(C(=O)N5CCOCC5)cs4)ccc3CCN2C(=O)C2CC2)cc1. The van der Waals surface area contributed by atoms with E-state index in [1.807, 2.05) is 6.07 Å². The van der Waals surface area contributed by atoms with Crippen molar-refractivity contribution in [3.05, 3.63) is 80.8 Å². The van der Waals surface area contributed by atoms with Crippen LogP contribution in [-0.2, 0) is 22.6 Å². The number of rotatable bonds is 6. The molecule has 1 saturated carbocycles. The van der Waals surface area contributed by atoms with Crippen LogP contribution in [0.3, 0.4) is 0 Å². The van der Waals surface area contributed by atoms with Gasteiger partial charge in [-0.25, -0.2) is 4.98 Å². The largest absolute Gasteiger partial charge is 0.486 e. The van der Waals surface area contributed by atoms with Crippen molar-refractivity contribution in [2.75, 3.05) is 32.8 Å². The second kappa shape index (κ2) is 10.3. The Morgan fingerprint density at radius 2 is 1.86 bits per heavy atom. The molecule has 1 atom stereocenters. The van der Waals surface area contributed by atoms with E-state index in [9.17, 15) is 9.59 Å².